The Morgan fingerprint density at radius 1 is 1.88 bits per heavy atom. The molecule has 0 aromatic carbocycles. The standard InChI is InChI=1S/C3H6N2OS2/c4-8-5-3(6)1-2-7-5/h1-2,4H2. The van der Waals surface area contributed by atoms with Crippen molar-refractivity contribution in [1.82, 2.24) is 3.71 Å². The zero-order chi connectivity index (χ0) is 5.98. The highest BCUT2D eigenvalue weighted by molar-refractivity contribution is 8.12. The van der Waals surface area contributed by atoms with Gasteiger partial charge >= 0.3 is 0 Å². The van der Waals surface area contributed by atoms with Crippen LogP contribution < -0.4 is 5.14 Å². The zero-order valence-corrected chi connectivity index (χ0v) is 5.80. The van der Waals surface area contributed by atoms with Crippen LogP contribution in [0.4, 0.5) is 0 Å². The van der Waals surface area contributed by atoms with Gasteiger partial charge < -0.3 is 0 Å². The van der Waals surface area contributed by atoms with Gasteiger partial charge in [0.15, 0.2) is 0 Å². The van der Waals surface area contributed by atoms with E-state index in [0.29, 0.717) is 6.42 Å². The monoisotopic (exact) mass is 150 g/mol. The molecule has 5 heteroatoms. The molecule has 1 heterocycles. The minimum absolute atomic E-state index is 0.127. The van der Waals surface area contributed by atoms with Crippen LogP contribution in [0.3, 0.4) is 0 Å². The molecule has 1 saturated heterocycles. The van der Waals surface area contributed by atoms with Crippen LogP contribution in [0.1, 0.15) is 6.42 Å². The average Bonchev–Trinajstić information content (AvgIpc) is 2.14. The summed E-state index contributed by atoms with van der Waals surface area (Å²) in [6.45, 7) is 0. The van der Waals surface area contributed by atoms with Gasteiger partial charge in [0.2, 0.25) is 5.91 Å². The zero-order valence-electron chi connectivity index (χ0n) is 4.16. The van der Waals surface area contributed by atoms with E-state index < -0.39 is 0 Å². The fraction of sp³-hybridized carbons (Fsp3) is 0.667. The maximum absolute atomic E-state index is 10.6. The van der Waals surface area contributed by atoms with Crippen LogP contribution in [0.5, 0.6) is 0 Å². The highest BCUT2D eigenvalue weighted by Gasteiger charge is 2.20. The lowest BCUT2D eigenvalue weighted by molar-refractivity contribution is -0.121. The molecule has 0 bridgehead atoms. The molecular weight excluding hydrogens is 144 g/mol. The summed E-state index contributed by atoms with van der Waals surface area (Å²) in [5, 5.41) is 5.13. The third-order valence-corrected chi connectivity index (χ3v) is 2.62. The van der Waals surface area contributed by atoms with E-state index in [2.05, 4.69) is 0 Å². The van der Waals surface area contributed by atoms with Gasteiger partial charge in [-0.2, -0.15) is 0 Å². The van der Waals surface area contributed by atoms with E-state index in [-0.39, 0.29) is 5.91 Å². The summed E-state index contributed by atoms with van der Waals surface area (Å²) < 4.78 is 1.50. The first-order valence-corrected chi connectivity index (χ1v) is 3.95. The fourth-order valence-corrected chi connectivity index (χ4v) is 1.81. The van der Waals surface area contributed by atoms with Gasteiger partial charge in [0.25, 0.3) is 0 Å². The van der Waals surface area contributed by atoms with Crippen LogP contribution in [-0.2, 0) is 4.79 Å². The summed E-state index contributed by atoms with van der Waals surface area (Å²) in [7, 11) is 0. The molecule has 0 saturated carbocycles. The third-order valence-electron chi connectivity index (χ3n) is 0.824. The van der Waals surface area contributed by atoms with E-state index in [4.69, 9.17) is 5.14 Å². The van der Waals surface area contributed by atoms with Crippen LogP contribution >= 0.6 is 24.1 Å². The number of carbonyl (C=O) groups excluding carboxylic acids is 1. The Morgan fingerprint density at radius 2 is 2.62 bits per heavy atom. The van der Waals surface area contributed by atoms with Crippen molar-refractivity contribution in [3.05, 3.63) is 0 Å². The molecule has 1 fully saturated rings. The first kappa shape index (κ1) is 6.25. The van der Waals surface area contributed by atoms with Gasteiger partial charge in [-0.05, 0) is 11.9 Å². The molecule has 2 N–H and O–H groups in total. The largest absolute Gasteiger partial charge is 0.273 e. The minimum atomic E-state index is 0.127. The lowest BCUT2D eigenvalue weighted by atomic mass is 10.5. The number of nitrogens with two attached hydrogens (primary N) is 1. The summed E-state index contributed by atoms with van der Waals surface area (Å²) >= 11 is 2.46. The van der Waals surface area contributed by atoms with Gasteiger partial charge in [0.05, 0.1) is 0 Å². The maximum Gasteiger partial charge on any atom is 0.244 e. The van der Waals surface area contributed by atoms with Crippen LogP contribution in [0.15, 0.2) is 0 Å². The Kier molecular flexibility index (Phi) is 2.04. The van der Waals surface area contributed by atoms with E-state index in [1.54, 1.807) is 0 Å². The summed E-state index contributed by atoms with van der Waals surface area (Å²) in [5.74, 6) is 1.01. The molecule has 0 spiro atoms. The number of hydrogen-bond donors (Lipinski definition) is 1. The first-order chi connectivity index (χ1) is 3.84. The SMILES string of the molecule is NSN1SCCC1=O. The average molecular weight is 150 g/mol. The van der Waals surface area contributed by atoms with Crippen molar-refractivity contribution in [2.45, 2.75) is 6.42 Å². The van der Waals surface area contributed by atoms with Crippen molar-refractivity contribution in [2.24, 2.45) is 5.14 Å². The number of carbonyl (C=O) groups is 1. The lowest BCUT2D eigenvalue weighted by Gasteiger charge is -2.05. The molecule has 1 aliphatic rings. The minimum Gasteiger partial charge on any atom is -0.273 e. The van der Waals surface area contributed by atoms with Crippen LogP contribution in [0.2, 0.25) is 0 Å². The number of hydrogen-bond acceptors (Lipinski definition) is 4. The molecule has 0 aromatic rings. The van der Waals surface area contributed by atoms with Gasteiger partial charge in [-0.15, -0.1) is 0 Å². The lowest BCUT2D eigenvalue weighted by Crippen LogP contribution is -2.11. The smallest absolute Gasteiger partial charge is 0.244 e. The molecule has 46 valence electrons. The molecule has 1 aliphatic heterocycles. The Morgan fingerprint density at radius 3 is 2.88 bits per heavy atom. The maximum atomic E-state index is 10.6. The summed E-state index contributed by atoms with van der Waals surface area (Å²) in [5.41, 5.74) is 0. The Hall–Kier alpha value is 0.130. The van der Waals surface area contributed by atoms with Gasteiger partial charge in [0.1, 0.15) is 0 Å². The molecule has 0 atom stereocenters. The molecular formula is C3H6N2OS2. The van der Waals surface area contributed by atoms with Crippen molar-refractivity contribution in [3.8, 4) is 0 Å². The summed E-state index contributed by atoms with van der Waals surface area (Å²) in [4.78, 5) is 10.6. The number of rotatable bonds is 1. The van der Waals surface area contributed by atoms with Crippen molar-refractivity contribution in [1.29, 1.82) is 0 Å². The molecule has 1 amide bonds. The third kappa shape index (κ3) is 1.10. The van der Waals surface area contributed by atoms with Crippen molar-refractivity contribution < 1.29 is 4.79 Å². The van der Waals surface area contributed by atoms with E-state index in [0.717, 1.165) is 17.9 Å². The van der Waals surface area contributed by atoms with Gasteiger partial charge in [-0.1, -0.05) is 0 Å². The van der Waals surface area contributed by atoms with E-state index >= 15 is 0 Å². The predicted molar refractivity (Wildman–Crippen MR) is 35.7 cm³/mol. The van der Waals surface area contributed by atoms with E-state index in [1.807, 2.05) is 0 Å². The molecule has 0 aliphatic carbocycles. The Bertz CT molecular complexity index is 107. The normalized spacial score (nSPS) is 20.1. The molecule has 0 radical (unpaired) electrons. The van der Waals surface area contributed by atoms with Crippen LogP contribution in [-0.4, -0.2) is 15.4 Å². The predicted octanol–water partition coefficient (Wildman–Crippen LogP) is 0.389. The molecule has 0 unspecified atom stereocenters. The second-order valence-corrected chi connectivity index (χ2v) is 3.18. The molecule has 3 nitrogen and oxygen atoms in total. The quantitative estimate of drug-likeness (QED) is 0.549. The number of amides is 1. The van der Waals surface area contributed by atoms with Crippen LogP contribution in [0.25, 0.3) is 0 Å². The van der Waals surface area contributed by atoms with Crippen molar-refractivity contribution >= 4 is 30.0 Å². The molecule has 1 rings (SSSR count). The summed E-state index contributed by atoms with van der Waals surface area (Å²) in [6.07, 6.45) is 0.634. The Balaban J connectivity index is 2.42. The molecule has 0 aromatic heterocycles. The van der Waals surface area contributed by atoms with Crippen LogP contribution in [0, 0.1) is 0 Å². The van der Waals surface area contributed by atoms with E-state index in [9.17, 15) is 4.79 Å². The van der Waals surface area contributed by atoms with Gasteiger partial charge in [-0.25, -0.2) is 3.71 Å². The van der Waals surface area contributed by atoms with Gasteiger partial charge in [-0.3, -0.25) is 9.93 Å². The topological polar surface area (TPSA) is 46.3 Å². The second-order valence-electron chi connectivity index (χ2n) is 1.34. The highest BCUT2D eigenvalue weighted by atomic mass is 32.2. The second kappa shape index (κ2) is 2.61. The Labute approximate surface area is 56.4 Å². The van der Waals surface area contributed by atoms with Crippen molar-refractivity contribution in [2.75, 3.05) is 5.75 Å². The molecule has 8 heavy (non-hydrogen) atoms. The first-order valence-electron chi connectivity index (χ1n) is 2.17. The van der Waals surface area contributed by atoms with Gasteiger partial charge in [0, 0.05) is 24.3 Å². The fourth-order valence-electron chi connectivity index (χ4n) is 0.468. The summed E-state index contributed by atoms with van der Waals surface area (Å²) in [6, 6.07) is 0. The van der Waals surface area contributed by atoms with E-state index in [1.165, 1.54) is 15.7 Å². The highest BCUT2D eigenvalue weighted by Crippen LogP contribution is 2.25. The van der Waals surface area contributed by atoms with Crippen molar-refractivity contribution in [3.63, 3.8) is 0 Å². The number of nitrogens with zero attached hydrogens (tertiary/aromatic N) is 1.